The number of benzene rings is 3. The number of hydrogen-bond acceptors (Lipinski definition) is 6. The third kappa shape index (κ3) is 5.13. The number of methoxy groups -OCH3 is 2. The molecule has 0 saturated carbocycles. The standard InChI is InChI=1S/C27H24FN3O6/c1-34-23-11-17-10-18(26(32)30-21(17)12-24(23)35-2)14-31(27(33)29-20-6-4-19(28)5-7-20)13-16-3-8-22-25(9-16)37-15-36-22/h3-12H,13-15H2,1-2H3,(H,29,33)(H,30,32). The van der Waals surface area contributed by atoms with Gasteiger partial charge in [0.15, 0.2) is 23.0 Å². The molecular formula is C27H24FN3O6. The van der Waals surface area contributed by atoms with Crippen molar-refractivity contribution in [1.29, 1.82) is 0 Å². The maximum atomic E-state index is 13.3. The van der Waals surface area contributed by atoms with E-state index in [2.05, 4.69) is 10.3 Å². The van der Waals surface area contributed by atoms with E-state index in [0.29, 0.717) is 45.2 Å². The molecule has 0 unspecified atom stereocenters. The lowest BCUT2D eigenvalue weighted by Crippen LogP contribution is -2.35. The minimum absolute atomic E-state index is 0.00108. The van der Waals surface area contributed by atoms with Gasteiger partial charge in [-0.3, -0.25) is 4.79 Å². The summed E-state index contributed by atoms with van der Waals surface area (Å²) in [5, 5.41) is 3.48. The third-order valence-corrected chi connectivity index (χ3v) is 5.98. The second kappa shape index (κ2) is 10.1. The highest BCUT2D eigenvalue weighted by molar-refractivity contribution is 5.89. The van der Waals surface area contributed by atoms with Crippen molar-refractivity contribution < 1.29 is 28.1 Å². The van der Waals surface area contributed by atoms with E-state index in [4.69, 9.17) is 18.9 Å². The van der Waals surface area contributed by atoms with E-state index >= 15 is 0 Å². The highest BCUT2D eigenvalue weighted by Crippen LogP contribution is 2.33. The van der Waals surface area contributed by atoms with E-state index in [1.807, 2.05) is 6.07 Å². The lowest BCUT2D eigenvalue weighted by molar-refractivity contribution is 0.174. The molecule has 10 heteroatoms. The first-order chi connectivity index (χ1) is 17.9. The molecular weight excluding hydrogens is 481 g/mol. The average molecular weight is 506 g/mol. The lowest BCUT2D eigenvalue weighted by atomic mass is 10.1. The van der Waals surface area contributed by atoms with E-state index in [0.717, 1.165) is 5.56 Å². The number of ether oxygens (including phenoxy) is 4. The van der Waals surface area contributed by atoms with E-state index in [1.54, 1.807) is 30.3 Å². The molecule has 4 aromatic rings. The third-order valence-electron chi connectivity index (χ3n) is 5.98. The summed E-state index contributed by atoms with van der Waals surface area (Å²) in [6.45, 7) is 0.308. The second-order valence-electron chi connectivity index (χ2n) is 8.40. The van der Waals surface area contributed by atoms with Crippen LogP contribution in [0.5, 0.6) is 23.0 Å². The predicted octanol–water partition coefficient (Wildman–Crippen LogP) is 4.65. The van der Waals surface area contributed by atoms with Gasteiger partial charge >= 0.3 is 6.03 Å². The average Bonchev–Trinajstić information content (AvgIpc) is 3.37. The van der Waals surface area contributed by atoms with Crippen LogP contribution in [0, 0.1) is 5.82 Å². The molecule has 2 N–H and O–H groups in total. The Morgan fingerprint density at radius 1 is 0.973 bits per heavy atom. The van der Waals surface area contributed by atoms with Crippen molar-refractivity contribution in [1.82, 2.24) is 9.88 Å². The zero-order chi connectivity index (χ0) is 25.9. The molecule has 0 atom stereocenters. The molecule has 37 heavy (non-hydrogen) atoms. The molecule has 9 nitrogen and oxygen atoms in total. The van der Waals surface area contributed by atoms with Gasteiger partial charge in [0.25, 0.3) is 5.56 Å². The van der Waals surface area contributed by atoms with Gasteiger partial charge < -0.3 is 34.1 Å². The molecule has 0 fully saturated rings. The Morgan fingerprint density at radius 3 is 2.46 bits per heavy atom. The van der Waals surface area contributed by atoms with Crippen LogP contribution in [0.1, 0.15) is 11.1 Å². The monoisotopic (exact) mass is 505 g/mol. The SMILES string of the molecule is COc1cc2cc(CN(Cc3ccc4c(c3)OCO4)C(=O)Nc3ccc(F)cc3)c(=O)[nH]c2cc1OC. The van der Waals surface area contributed by atoms with Crippen molar-refractivity contribution >= 4 is 22.6 Å². The Bertz CT molecular complexity index is 1520. The van der Waals surface area contributed by atoms with Gasteiger partial charge in [-0.2, -0.15) is 0 Å². The molecule has 0 spiro atoms. The largest absolute Gasteiger partial charge is 0.493 e. The van der Waals surface area contributed by atoms with Crippen LogP contribution in [0.25, 0.3) is 10.9 Å². The number of H-pyrrole nitrogens is 1. The van der Waals surface area contributed by atoms with Gasteiger partial charge in [-0.05, 0) is 54.1 Å². The molecule has 3 aromatic carbocycles. The molecule has 0 radical (unpaired) electrons. The number of amides is 2. The first-order valence-electron chi connectivity index (χ1n) is 11.4. The number of aromatic nitrogens is 1. The highest BCUT2D eigenvalue weighted by Gasteiger charge is 2.20. The van der Waals surface area contributed by atoms with Crippen molar-refractivity contribution in [3.63, 3.8) is 0 Å². The number of carbonyl (C=O) groups is 1. The fourth-order valence-corrected chi connectivity index (χ4v) is 4.10. The Labute approximate surface area is 211 Å². The fraction of sp³-hybridized carbons (Fsp3) is 0.185. The van der Waals surface area contributed by atoms with Gasteiger partial charge in [0.2, 0.25) is 6.79 Å². The number of hydrogen-bond donors (Lipinski definition) is 2. The maximum absolute atomic E-state index is 13.3. The van der Waals surface area contributed by atoms with Crippen LogP contribution in [0.2, 0.25) is 0 Å². The predicted molar refractivity (Wildman–Crippen MR) is 135 cm³/mol. The van der Waals surface area contributed by atoms with Crippen LogP contribution in [-0.4, -0.2) is 36.9 Å². The summed E-state index contributed by atoms with van der Waals surface area (Å²) in [5.41, 5.74) is 1.80. The topological polar surface area (TPSA) is 102 Å². The number of carbonyl (C=O) groups excluding carboxylic acids is 1. The van der Waals surface area contributed by atoms with Crippen LogP contribution >= 0.6 is 0 Å². The Balaban J connectivity index is 1.47. The van der Waals surface area contributed by atoms with E-state index in [-0.39, 0.29) is 25.4 Å². The summed E-state index contributed by atoms with van der Waals surface area (Å²) in [6.07, 6.45) is 0. The first-order valence-corrected chi connectivity index (χ1v) is 11.4. The van der Waals surface area contributed by atoms with Crippen molar-refractivity contribution in [2.75, 3.05) is 26.3 Å². The number of pyridine rings is 1. The van der Waals surface area contributed by atoms with Gasteiger partial charge in [-0.25, -0.2) is 9.18 Å². The summed E-state index contributed by atoms with van der Waals surface area (Å²) < 4.78 is 34.9. The second-order valence-corrected chi connectivity index (χ2v) is 8.40. The summed E-state index contributed by atoms with van der Waals surface area (Å²) in [6, 6.07) is 15.5. The van der Waals surface area contributed by atoms with Crippen LogP contribution in [0.3, 0.4) is 0 Å². The quantitative estimate of drug-likeness (QED) is 0.379. The zero-order valence-electron chi connectivity index (χ0n) is 20.2. The summed E-state index contributed by atoms with van der Waals surface area (Å²) in [7, 11) is 3.05. The summed E-state index contributed by atoms with van der Waals surface area (Å²) in [5.74, 6) is 1.80. The minimum atomic E-state index is -0.462. The van der Waals surface area contributed by atoms with Gasteiger partial charge in [0.1, 0.15) is 5.82 Å². The van der Waals surface area contributed by atoms with E-state index < -0.39 is 11.8 Å². The number of urea groups is 1. The number of nitrogens with zero attached hydrogens (tertiary/aromatic N) is 1. The van der Waals surface area contributed by atoms with Gasteiger partial charge in [-0.15, -0.1) is 0 Å². The Hall–Kier alpha value is -4.73. The van der Waals surface area contributed by atoms with Gasteiger partial charge in [0.05, 0.1) is 26.3 Å². The van der Waals surface area contributed by atoms with Gasteiger partial charge in [0, 0.05) is 29.2 Å². The molecule has 0 aliphatic carbocycles. The molecule has 1 aromatic heterocycles. The van der Waals surface area contributed by atoms with Crippen LogP contribution < -0.4 is 29.8 Å². The Morgan fingerprint density at radius 2 is 1.70 bits per heavy atom. The van der Waals surface area contributed by atoms with Crippen LogP contribution in [-0.2, 0) is 13.1 Å². The van der Waals surface area contributed by atoms with Crippen LogP contribution in [0.4, 0.5) is 14.9 Å². The zero-order valence-corrected chi connectivity index (χ0v) is 20.2. The molecule has 5 rings (SSSR count). The molecule has 0 bridgehead atoms. The normalized spacial score (nSPS) is 11.9. The smallest absolute Gasteiger partial charge is 0.322 e. The number of nitrogens with one attached hydrogen (secondary N) is 2. The summed E-state index contributed by atoms with van der Waals surface area (Å²) >= 11 is 0. The van der Waals surface area contributed by atoms with Crippen LogP contribution in [0.15, 0.2) is 65.5 Å². The number of halogens is 1. The molecule has 1 aliphatic heterocycles. The molecule has 1 aliphatic rings. The van der Waals surface area contributed by atoms with Gasteiger partial charge in [-0.1, -0.05) is 6.07 Å². The first kappa shape index (κ1) is 24.0. The van der Waals surface area contributed by atoms with Crippen molar-refractivity contribution in [3.05, 3.63) is 88.0 Å². The molecule has 2 heterocycles. The Kier molecular flexibility index (Phi) is 6.55. The number of anilines is 1. The number of fused-ring (bicyclic) bond motifs is 2. The molecule has 2 amide bonds. The van der Waals surface area contributed by atoms with Crippen molar-refractivity contribution in [2.24, 2.45) is 0 Å². The number of aromatic amines is 1. The maximum Gasteiger partial charge on any atom is 0.322 e. The van der Waals surface area contributed by atoms with E-state index in [9.17, 15) is 14.0 Å². The van der Waals surface area contributed by atoms with Crippen molar-refractivity contribution in [2.45, 2.75) is 13.1 Å². The molecule has 190 valence electrons. The van der Waals surface area contributed by atoms with E-state index in [1.165, 1.54) is 43.4 Å². The molecule has 0 saturated heterocycles. The fourth-order valence-electron chi connectivity index (χ4n) is 4.10. The summed E-state index contributed by atoms with van der Waals surface area (Å²) in [4.78, 5) is 30.6. The highest BCUT2D eigenvalue weighted by atomic mass is 19.1. The lowest BCUT2D eigenvalue weighted by Gasteiger charge is -2.23. The number of rotatable bonds is 7. The minimum Gasteiger partial charge on any atom is -0.493 e. The van der Waals surface area contributed by atoms with Crippen molar-refractivity contribution in [3.8, 4) is 23.0 Å².